The zero-order chi connectivity index (χ0) is 53.9. The average Bonchev–Trinajstić information content (AvgIpc) is 3.12. The highest BCUT2D eigenvalue weighted by Gasteiger charge is 2.22. The van der Waals surface area contributed by atoms with E-state index in [4.69, 9.17) is 0 Å². The molecule has 416 valence electrons. The van der Waals surface area contributed by atoms with Crippen molar-refractivity contribution in [2.45, 2.75) is 295 Å². The fourth-order valence-electron chi connectivity index (χ4n) is 6.20. The predicted molar refractivity (Wildman–Crippen MR) is 346 cm³/mol. The fraction of sp³-hybridized carbons (Fsp3) is 1.00. The van der Waals surface area contributed by atoms with Gasteiger partial charge in [-0.1, -0.05) is 118 Å². The Morgan fingerprint density at radius 2 is 0.588 bits per heavy atom. The van der Waals surface area contributed by atoms with Gasteiger partial charge in [0.05, 0.1) is 0 Å². The van der Waals surface area contributed by atoms with Gasteiger partial charge < -0.3 is 16.0 Å². The molecule has 0 aromatic rings. The molecule has 0 bridgehead atoms. The van der Waals surface area contributed by atoms with E-state index in [1.54, 1.807) is 0 Å². The SMILES string of the molecule is CC(C)SCC(CSC(C)(C)C)NC(C)(C)C.CC(C)SCCC(CCSC(C)C)NC(C)(C)C.CC(C)SCCC(CSC(C)C)NC(C)(C)C.CC(C)SCCN(CCSC(C)C)C(C)C. The van der Waals surface area contributed by atoms with Gasteiger partial charge in [-0.05, 0) is 149 Å². The summed E-state index contributed by atoms with van der Waals surface area (Å²) in [5.74, 6) is 9.98. The zero-order valence-electron chi connectivity index (χ0n) is 50.8. The maximum atomic E-state index is 3.78. The van der Waals surface area contributed by atoms with Crippen molar-refractivity contribution in [3.63, 3.8) is 0 Å². The molecular weight excluding hydrogens is 985 g/mol. The summed E-state index contributed by atoms with van der Waals surface area (Å²) < 4.78 is 0.361. The molecule has 0 amide bonds. The third-order valence-electron chi connectivity index (χ3n) is 9.03. The number of thioether (sulfide) groups is 8. The maximum Gasteiger partial charge on any atom is 0.0253 e. The van der Waals surface area contributed by atoms with Gasteiger partial charge in [0.25, 0.3) is 0 Å². The van der Waals surface area contributed by atoms with Crippen LogP contribution >= 0.6 is 94.1 Å². The second-order valence-corrected chi connectivity index (χ2v) is 38.0. The Morgan fingerprint density at radius 1 is 0.324 bits per heavy atom. The van der Waals surface area contributed by atoms with E-state index >= 15 is 0 Å². The maximum absolute atomic E-state index is 3.78. The Labute approximate surface area is 465 Å². The lowest BCUT2D eigenvalue weighted by Gasteiger charge is -2.30. The summed E-state index contributed by atoms with van der Waals surface area (Å²) >= 11 is 16.5. The normalized spacial score (nSPS) is 13.9. The summed E-state index contributed by atoms with van der Waals surface area (Å²) in [7, 11) is 0. The fourth-order valence-corrected chi connectivity index (χ4v) is 13.2. The first-order valence-electron chi connectivity index (χ1n) is 26.9. The smallest absolute Gasteiger partial charge is 0.0253 e. The molecule has 0 rings (SSSR count). The van der Waals surface area contributed by atoms with E-state index in [0.29, 0.717) is 28.9 Å². The second-order valence-electron chi connectivity index (χ2n) is 24.6. The van der Waals surface area contributed by atoms with E-state index in [-0.39, 0.29) is 16.6 Å². The largest absolute Gasteiger partial charge is 0.309 e. The van der Waals surface area contributed by atoms with Gasteiger partial charge in [-0.15, -0.1) is 0 Å². The highest BCUT2D eigenvalue weighted by molar-refractivity contribution is 8.01. The molecule has 0 saturated carbocycles. The molecule has 0 aliphatic heterocycles. The summed E-state index contributed by atoms with van der Waals surface area (Å²) in [5.41, 5.74) is 0.668. The first kappa shape index (κ1) is 77.1. The van der Waals surface area contributed by atoms with Crippen LogP contribution in [-0.2, 0) is 0 Å². The summed E-state index contributed by atoms with van der Waals surface area (Å²) in [6, 6.07) is 2.60. The molecule has 0 aromatic heterocycles. The summed E-state index contributed by atoms with van der Waals surface area (Å²) in [4.78, 5) is 2.60. The Kier molecular flexibility index (Phi) is 49.6. The van der Waals surface area contributed by atoms with Crippen LogP contribution in [0.3, 0.4) is 0 Å². The van der Waals surface area contributed by atoms with E-state index in [2.05, 4.69) is 309 Å². The van der Waals surface area contributed by atoms with Crippen molar-refractivity contribution in [1.82, 2.24) is 20.9 Å². The van der Waals surface area contributed by atoms with Crippen molar-refractivity contribution < 1.29 is 0 Å². The van der Waals surface area contributed by atoms with Gasteiger partial charge in [-0.3, -0.25) is 4.90 Å². The average molecular weight is 1110 g/mol. The Hall–Kier alpha value is 2.64. The number of nitrogens with zero attached hydrogens (tertiary/aromatic N) is 1. The molecule has 2 atom stereocenters. The lowest BCUT2D eigenvalue weighted by atomic mass is 10.0. The summed E-state index contributed by atoms with van der Waals surface area (Å²) in [6.07, 6.45) is 3.86. The first-order chi connectivity index (χ1) is 30.8. The Balaban J connectivity index is -0.000000402. The van der Waals surface area contributed by atoms with E-state index in [1.165, 1.54) is 78.4 Å². The third-order valence-corrected chi connectivity index (χ3v) is 18.6. The predicted octanol–water partition coefficient (Wildman–Crippen LogP) is 17.6. The Morgan fingerprint density at radius 3 is 0.868 bits per heavy atom. The highest BCUT2D eigenvalue weighted by Crippen LogP contribution is 2.26. The van der Waals surface area contributed by atoms with Gasteiger partial charge in [-0.25, -0.2) is 0 Å². The Bertz CT molecular complexity index is 1050. The molecule has 0 saturated heterocycles. The summed E-state index contributed by atoms with van der Waals surface area (Å²) in [6.45, 7) is 66.2. The van der Waals surface area contributed by atoms with Crippen LogP contribution < -0.4 is 16.0 Å². The van der Waals surface area contributed by atoms with E-state index in [0.717, 1.165) is 36.7 Å². The van der Waals surface area contributed by atoms with Gasteiger partial charge in [0.15, 0.2) is 0 Å². The number of hydrogen-bond acceptors (Lipinski definition) is 12. The van der Waals surface area contributed by atoms with Crippen LogP contribution in [0.25, 0.3) is 0 Å². The molecule has 12 heteroatoms. The monoisotopic (exact) mass is 1110 g/mol. The van der Waals surface area contributed by atoms with Gasteiger partial charge in [0.1, 0.15) is 0 Å². The highest BCUT2D eigenvalue weighted by atomic mass is 32.2. The van der Waals surface area contributed by atoms with Crippen molar-refractivity contribution >= 4 is 94.1 Å². The molecule has 0 radical (unpaired) electrons. The molecule has 2 unspecified atom stereocenters. The number of rotatable bonds is 32. The van der Waals surface area contributed by atoms with Crippen molar-refractivity contribution in [3.8, 4) is 0 Å². The molecular formula is C56H124N4S8. The molecule has 0 heterocycles. The molecule has 68 heavy (non-hydrogen) atoms. The minimum absolute atomic E-state index is 0.209. The van der Waals surface area contributed by atoms with Gasteiger partial charge >= 0.3 is 0 Å². The third kappa shape index (κ3) is 68.6. The van der Waals surface area contributed by atoms with Crippen LogP contribution in [0.4, 0.5) is 0 Å². The molecule has 0 aliphatic rings. The lowest BCUT2D eigenvalue weighted by Crippen LogP contribution is -2.46. The number of hydrogen-bond donors (Lipinski definition) is 3. The number of nitrogens with one attached hydrogen (secondary N) is 3. The van der Waals surface area contributed by atoms with E-state index in [9.17, 15) is 0 Å². The van der Waals surface area contributed by atoms with Crippen LogP contribution in [-0.4, -0.2) is 146 Å². The molecule has 0 spiro atoms. The van der Waals surface area contributed by atoms with Crippen molar-refractivity contribution in [3.05, 3.63) is 0 Å². The summed E-state index contributed by atoms with van der Waals surface area (Å²) in [5, 5.41) is 16.5. The molecule has 4 nitrogen and oxygen atoms in total. The molecule has 0 aliphatic carbocycles. The van der Waals surface area contributed by atoms with Crippen molar-refractivity contribution in [1.29, 1.82) is 0 Å². The van der Waals surface area contributed by atoms with Gasteiger partial charge in [0.2, 0.25) is 0 Å². The van der Waals surface area contributed by atoms with E-state index < -0.39 is 0 Å². The van der Waals surface area contributed by atoms with Crippen LogP contribution in [0.15, 0.2) is 0 Å². The van der Waals surface area contributed by atoms with Crippen molar-refractivity contribution in [2.24, 2.45) is 0 Å². The van der Waals surface area contributed by atoms with Crippen LogP contribution in [0.2, 0.25) is 0 Å². The van der Waals surface area contributed by atoms with E-state index in [1.807, 2.05) is 0 Å². The topological polar surface area (TPSA) is 39.3 Å². The van der Waals surface area contributed by atoms with Crippen LogP contribution in [0, 0.1) is 0 Å². The lowest BCUT2D eigenvalue weighted by molar-refractivity contribution is 0.251. The second kappa shape index (κ2) is 43.7. The minimum Gasteiger partial charge on any atom is -0.309 e. The minimum atomic E-state index is 0.209. The van der Waals surface area contributed by atoms with Gasteiger partial charge in [0, 0.05) is 87.4 Å². The first-order valence-corrected chi connectivity index (χ1v) is 35.2. The quantitative estimate of drug-likeness (QED) is 0.0601. The van der Waals surface area contributed by atoms with Crippen LogP contribution in [0.5, 0.6) is 0 Å². The molecule has 3 N–H and O–H groups in total. The van der Waals surface area contributed by atoms with Crippen LogP contribution in [0.1, 0.15) is 213 Å². The standard InChI is InChI=1S/C15H33NS2.2C14H31NS2.C13H29NS2/c1-12(2)17-10-8-14(16-15(5,6)7)9-11-18-13(3)4;1-11(2)16-9-12(15-13(3,4)5)10-17-14(6,7)8;1-11(2)16-9-8-13(10-17-12(3)4)15-14(5,6)7;1-11(2)14(7-9-15-12(3)4)8-10-16-13(5)6/h12-14,16H,8-11H2,1-7H3;11-12,15H,9-10H2,1-8H3;11-13,15H,8-10H2,1-7H3;11-13H,7-10H2,1-6H3. The molecule has 0 fully saturated rings. The van der Waals surface area contributed by atoms with Gasteiger partial charge in [-0.2, -0.15) is 94.1 Å². The van der Waals surface area contributed by atoms with Crippen molar-refractivity contribution in [2.75, 3.05) is 59.1 Å². The zero-order valence-corrected chi connectivity index (χ0v) is 57.3. The molecule has 0 aromatic carbocycles.